The number of hydrogen-bond donors (Lipinski definition) is 0. The van der Waals surface area contributed by atoms with Crippen LogP contribution in [0.4, 0.5) is 0 Å². The number of amides is 1. The van der Waals surface area contributed by atoms with E-state index in [4.69, 9.17) is 9.47 Å². The van der Waals surface area contributed by atoms with Crippen LogP contribution in [0, 0.1) is 5.92 Å². The van der Waals surface area contributed by atoms with Gasteiger partial charge in [-0.25, -0.2) is 0 Å². The van der Waals surface area contributed by atoms with Gasteiger partial charge < -0.3 is 14.4 Å². The van der Waals surface area contributed by atoms with Gasteiger partial charge in [-0.05, 0) is 51.1 Å². The molecule has 1 aromatic rings. The first-order valence-corrected chi connectivity index (χ1v) is 8.86. The summed E-state index contributed by atoms with van der Waals surface area (Å²) in [6.07, 6.45) is 1.55. The highest BCUT2D eigenvalue weighted by Crippen LogP contribution is 2.32. The van der Waals surface area contributed by atoms with Crippen molar-refractivity contribution >= 4 is 11.7 Å². The molecule has 0 aromatic heterocycles. The van der Waals surface area contributed by atoms with Gasteiger partial charge in [0.2, 0.25) is 5.91 Å². The van der Waals surface area contributed by atoms with Crippen LogP contribution in [0.1, 0.15) is 30.1 Å². The first-order chi connectivity index (χ1) is 12.0. The first-order valence-electron chi connectivity index (χ1n) is 8.86. The van der Waals surface area contributed by atoms with Gasteiger partial charge in [0, 0.05) is 25.6 Å². The Bertz CT molecular complexity index is 651. The Morgan fingerprint density at radius 3 is 2.40 bits per heavy atom. The van der Waals surface area contributed by atoms with E-state index in [9.17, 15) is 9.59 Å². The Morgan fingerprint density at radius 2 is 1.76 bits per heavy atom. The van der Waals surface area contributed by atoms with Gasteiger partial charge in [0.25, 0.3) is 0 Å². The number of likely N-dealkylation sites (tertiary alicyclic amines) is 1. The Balaban J connectivity index is 1.61. The Kier molecular flexibility index (Phi) is 5.27. The second-order valence-electron chi connectivity index (χ2n) is 6.94. The molecule has 1 fully saturated rings. The van der Waals surface area contributed by atoms with Gasteiger partial charge in [-0.1, -0.05) is 0 Å². The van der Waals surface area contributed by atoms with E-state index in [0.717, 1.165) is 25.9 Å². The number of ether oxygens (including phenoxy) is 2. The SMILES string of the molecule is CC(C(=O)N(C)C)N1CCC(C(=O)c2ccc3c(c2)OCCO3)CC1. The van der Waals surface area contributed by atoms with Gasteiger partial charge in [0.15, 0.2) is 17.3 Å². The van der Waals surface area contributed by atoms with Crippen molar-refractivity contribution in [1.82, 2.24) is 9.80 Å². The Labute approximate surface area is 148 Å². The van der Waals surface area contributed by atoms with E-state index in [1.54, 1.807) is 25.1 Å². The van der Waals surface area contributed by atoms with E-state index < -0.39 is 0 Å². The number of benzene rings is 1. The zero-order valence-electron chi connectivity index (χ0n) is 15.2. The molecule has 1 unspecified atom stereocenters. The fourth-order valence-corrected chi connectivity index (χ4v) is 3.51. The molecule has 0 N–H and O–H groups in total. The summed E-state index contributed by atoms with van der Waals surface area (Å²) in [6, 6.07) is 5.29. The highest BCUT2D eigenvalue weighted by atomic mass is 16.6. The van der Waals surface area contributed by atoms with Gasteiger partial charge in [-0.15, -0.1) is 0 Å². The molecular weight excluding hydrogens is 320 g/mol. The molecule has 136 valence electrons. The van der Waals surface area contributed by atoms with Crippen molar-refractivity contribution in [3.63, 3.8) is 0 Å². The lowest BCUT2D eigenvalue weighted by Gasteiger charge is -2.35. The zero-order valence-corrected chi connectivity index (χ0v) is 15.2. The van der Waals surface area contributed by atoms with E-state index in [2.05, 4.69) is 4.90 Å². The topological polar surface area (TPSA) is 59.1 Å². The van der Waals surface area contributed by atoms with E-state index in [0.29, 0.717) is 30.3 Å². The van der Waals surface area contributed by atoms with Crippen molar-refractivity contribution in [2.75, 3.05) is 40.4 Å². The van der Waals surface area contributed by atoms with Crippen molar-refractivity contribution in [3.05, 3.63) is 23.8 Å². The molecule has 1 amide bonds. The predicted molar refractivity (Wildman–Crippen MR) is 94.2 cm³/mol. The van der Waals surface area contributed by atoms with Crippen LogP contribution < -0.4 is 9.47 Å². The maximum atomic E-state index is 12.8. The maximum absolute atomic E-state index is 12.8. The number of carbonyl (C=O) groups excluding carboxylic acids is 2. The highest BCUT2D eigenvalue weighted by Gasteiger charge is 2.31. The van der Waals surface area contributed by atoms with Crippen molar-refractivity contribution in [1.29, 1.82) is 0 Å². The minimum atomic E-state index is -0.139. The summed E-state index contributed by atoms with van der Waals surface area (Å²) in [5.41, 5.74) is 0.681. The lowest BCUT2D eigenvalue weighted by molar-refractivity contribution is -0.134. The molecule has 0 spiro atoms. The third kappa shape index (κ3) is 3.79. The highest BCUT2D eigenvalue weighted by molar-refractivity contribution is 5.98. The third-order valence-corrected chi connectivity index (χ3v) is 5.07. The number of piperidine rings is 1. The molecule has 25 heavy (non-hydrogen) atoms. The molecule has 6 heteroatoms. The molecule has 6 nitrogen and oxygen atoms in total. The van der Waals surface area contributed by atoms with Crippen LogP contribution in [0.15, 0.2) is 18.2 Å². The van der Waals surface area contributed by atoms with Crippen LogP contribution in [-0.2, 0) is 4.79 Å². The summed E-state index contributed by atoms with van der Waals surface area (Å²) in [4.78, 5) is 28.7. The van der Waals surface area contributed by atoms with Crippen LogP contribution >= 0.6 is 0 Å². The fourth-order valence-electron chi connectivity index (χ4n) is 3.51. The van der Waals surface area contributed by atoms with Crippen molar-refractivity contribution < 1.29 is 19.1 Å². The Hall–Kier alpha value is -2.08. The first kappa shape index (κ1) is 17.7. The van der Waals surface area contributed by atoms with Crippen LogP contribution in [-0.4, -0.2) is 67.9 Å². The number of carbonyl (C=O) groups is 2. The average molecular weight is 346 g/mol. The molecule has 2 heterocycles. The molecular formula is C19H26N2O4. The molecule has 1 atom stereocenters. The number of fused-ring (bicyclic) bond motifs is 1. The van der Waals surface area contributed by atoms with Crippen LogP contribution in [0.5, 0.6) is 11.5 Å². The van der Waals surface area contributed by atoms with E-state index in [1.807, 2.05) is 19.1 Å². The van der Waals surface area contributed by atoms with Crippen LogP contribution in [0.25, 0.3) is 0 Å². The molecule has 0 radical (unpaired) electrons. The quantitative estimate of drug-likeness (QED) is 0.779. The average Bonchev–Trinajstić information content (AvgIpc) is 2.65. The summed E-state index contributed by atoms with van der Waals surface area (Å²) < 4.78 is 11.1. The molecule has 1 aromatic carbocycles. The second kappa shape index (κ2) is 7.44. The summed E-state index contributed by atoms with van der Waals surface area (Å²) in [7, 11) is 3.55. The van der Waals surface area contributed by atoms with Crippen LogP contribution in [0.3, 0.4) is 0 Å². The number of hydrogen-bond acceptors (Lipinski definition) is 5. The molecule has 2 aliphatic rings. The number of rotatable bonds is 4. The molecule has 0 bridgehead atoms. The molecule has 0 aliphatic carbocycles. The van der Waals surface area contributed by atoms with E-state index in [-0.39, 0.29) is 23.7 Å². The number of nitrogens with zero attached hydrogens (tertiary/aromatic N) is 2. The minimum Gasteiger partial charge on any atom is -0.486 e. The van der Waals surface area contributed by atoms with E-state index in [1.165, 1.54) is 0 Å². The van der Waals surface area contributed by atoms with Gasteiger partial charge >= 0.3 is 0 Å². The van der Waals surface area contributed by atoms with Gasteiger partial charge in [0.05, 0.1) is 6.04 Å². The van der Waals surface area contributed by atoms with Crippen molar-refractivity contribution in [2.45, 2.75) is 25.8 Å². The summed E-state index contributed by atoms with van der Waals surface area (Å²) >= 11 is 0. The van der Waals surface area contributed by atoms with Gasteiger partial charge in [0.1, 0.15) is 13.2 Å². The smallest absolute Gasteiger partial charge is 0.239 e. The zero-order chi connectivity index (χ0) is 18.0. The Morgan fingerprint density at radius 1 is 1.12 bits per heavy atom. The predicted octanol–water partition coefficient (Wildman–Crippen LogP) is 1.83. The number of Topliss-reactive ketones (excluding diaryl/α,β-unsaturated/α-hetero) is 1. The minimum absolute atomic E-state index is 0.000432. The van der Waals surface area contributed by atoms with Crippen LogP contribution in [0.2, 0.25) is 0 Å². The molecule has 2 aliphatic heterocycles. The molecule has 0 saturated carbocycles. The summed E-state index contributed by atoms with van der Waals surface area (Å²) in [6.45, 7) is 4.53. The monoisotopic (exact) mass is 346 g/mol. The maximum Gasteiger partial charge on any atom is 0.239 e. The summed E-state index contributed by atoms with van der Waals surface area (Å²) in [5.74, 6) is 1.62. The summed E-state index contributed by atoms with van der Waals surface area (Å²) in [5, 5.41) is 0. The standard InChI is InChI=1S/C19H26N2O4/c1-13(19(23)20(2)3)21-8-6-14(7-9-21)18(22)15-4-5-16-17(12-15)25-11-10-24-16/h4-5,12-14H,6-11H2,1-3H3. The number of likely N-dealkylation sites (N-methyl/N-ethyl adjacent to an activating group) is 1. The van der Waals surface area contributed by atoms with Crippen molar-refractivity contribution in [3.8, 4) is 11.5 Å². The molecule has 1 saturated heterocycles. The number of ketones is 1. The van der Waals surface area contributed by atoms with Crippen molar-refractivity contribution in [2.24, 2.45) is 5.92 Å². The second-order valence-corrected chi connectivity index (χ2v) is 6.94. The van der Waals surface area contributed by atoms with Gasteiger partial charge in [-0.2, -0.15) is 0 Å². The van der Waals surface area contributed by atoms with E-state index >= 15 is 0 Å². The normalized spacial score (nSPS) is 19.3. The lowest BCUT2D eigenvalue weighted by Crippen LogP contribution is -2.48. The lowest BCUT2D eigenvalue weighted by atomic mass is 9.88. The fraction of sp³-hybridized carbons (Fsp3) is 0.579. The largest absolute Gasteiger partial charge is 0.486 e. The van der Waals surface area contributed by atoms with Gasteiger partial charge in [-0.3, -0.25) is 14.5 Å². The third-order valence-electron chi connectivity index (χ3n) is 5.07. The molecule has 3 rings (SSSR count).